The molecule has 45 heavy (non-hydrogen) atoms. The lowest BCUT2D eigenvalue weighted by atomic mass is 9.95. The van der Waals surface area contributed by atoms with Crippen molar-refractivity contribution in [1.82, 2.24) is 0 Å². The van der Waals surface area contributed by atoms with Crippen molar-refractivity contribution in [2.45, 2.75) is 123 Å². The molecule has 4 rings (SSSR count). The lowest BCUT2D eigenvalue weighted by Gasteiger charge is -2.49. The molecule has 0 unspecified atom stereocenters. The van der Waals surface area contributed by atoms with E-state index in [9.17, 15) is 71.5 Å². The van der Waals surface area contributed by atoms with E-state index < -0.39 is 149 Å². The summed E-state index contributed by atoms with van der Waals surface area (Å²) >= 11 is 0. The van der Waals surface area contributed by atoms with Gasteiger partial charge >= 0.3 is 0 Å². The summed E-state index contributed by atoms with van der Waals surface area (Å²) in [5.41, 5.74) is 0. The van der Waals surface area contributed by atoms with Gasteiger partial charge in [-0.3, -0.25) is 0 Å². The molecule has 0 saturated carbocycles. The average Bonchev–Trinajstić information content (AvgIpc) is 3.02. The number of ether oxygens (including phenoxy) is 7. The molecule has 20 atom stereocenters. The van der Waals surface area contributed by atoms with Gasteiger partial charge in [-0.05, 0) is 0 Å². The van der Waals surface area contributed by atoms with Crippen molar-refractivity contribution in [1.29, 1.82) is 0 Å². The Bertz CT molecular complexity index is 916. The van der Waals surface area contributed by atoms with Crippen molar-refractivity contribution in [3.8, 4) is 0 Å². The third-order valence-corrected chi connectivity index (χ3v) is 8.21. The number of hydrogen-bond donors (Lipinski definition) is 14. The van der Waals surface area contributed by atoms with Crippen LogP contribution < -0.4 is 0 Å². The highest BCUT2D eigenvalue weighted by atomic mass is 16.8. The summed E-state index contributed by atoms with van der Waals surface area (Å²) in [6, 6.07) is 0. The van der Waals surface area contributed by atoms with E-state index >= 15 is 0 Å². The minimum Gasteiger partial charge on any atom is -0.394 e. The zero-order chi connectivity index (χ0) is 33.3. The van der Waals surface area contributed by atoms with E-state index in [2.05, 4.69) is 0 Å². The molecule has 4 aliphatic heterocycles. The van der Waals surface area contributed by atoms with Crippen LogP contribution in [0.3, 0.4) is 0 Å². The maximum absolute atomic E-state index is 11.1. The molecule has 21 nitrogen and oxygen atoms in total. The predicted molar refractivity (Wildman–Crippen MR) is 134 cm³/mol. The van der Waals surface area contributed by atoms with Crippen LogP contribution >= 0.6 is 0 Å². The van der Waals surface area contributed by atoms with Crippen molar-refractivity contribution < 1.29 is 105 Å². The van der Waals surface area contributed by atoms with E-state index in [1.54, 1.807) is 0 Å². The molecule has 14 N–H and O–H groups in total. The van der Waals surface area contributed by atoms with Crippen molar-refractivity contribution in [3.05, 3.63) is 0 Å². The fourth-order valence-corrected chi connectivity index (χ4v) is 5.53. The number of rotatable bonds is 10. The second-order valence-electron chi connectivity index (χ2n) is 11.1. The summed E-state index contributed by atoms with van der Waals surface area (Å²) in [6.45, 7) is -3.42. The quantitative estimate of drug-likeness (QED) is 0.103. The largest absolute Gasteiger partial charge is 0.394 e. The monoisotopic (exact) mass is 666 g/mol. The van der Waals surface area contributed by atoms with Crippen LogP contribution in [0, 0.1) is 0 Å². The van der Waals surface area contributed by atoms with Gasteiger partial charge in [0.05, 0.1) is 26.4 Å². The van der Waals surface area contributed by atoms with E-state index in [0.29, 0.717) is 0 Å². The van der Waals surface area contributed by atoms with Gasteiger partial charge in [-0.15, -0.1) is 0 Å². The van der Waals surface area contributed by atoms with Crippen LogP contribution in [0.5, 0.6) is 0 Å². The van der Waals surface area contributed by atoms with Gasteiger partial charge in [-0.25, -0.2) is 0 Å². The maximum Gasteiger partial charge on any atom is 0.187 e. The predicted octanol–water partition coefficient (Wildman–Crippen LogP) is -9.75. The molecule has 0 aromatic carbocycles. The van der Waals surface area contributed by atoms with E-state index in [0.717, 1.165) is 0 Å². The number of hydrogen-bond acceptors (Lipinski definition) is 21. The second kappa shape index (κ2) is 15.6. The summed E-state index contributed by atoms with van der Waals surface area (Å²) in [4.78, 5) is 0. The highest BCUT2D eigenvalue weighted by molar-refractivity contribution is 4.97. The van der Waals surface area contributed by atoms with Gasteiger partial charge in [0.15, 0.2) is 25.2 Å². The Morgan fingerprint density at radius 2 is 0.644 bits per heavy atom. The fourth-order valence-electron chi connectivity index (χ4n) is 5.53. The first-order chi connectivity index (χ1) is 21.3. The normalized spacial score (nSPS) is 52.9. The number of aliphatic hydroxyl groups excluding tert-OH is 14. The summed E-state index contributed by atoms with van der Waals surface area (Å²) < 4.78 is 37.5. The van der Waals surface area contributed by atoms with Gasteiger partial charge in [0, 0.05) is 0 Å². The molecule has 21 heteroatoms. The van der Waals surface area contributed by atoms with Gasteiger partial charge in [-0.1, -0.05) is 0 Å². The smallest absolute Gasteiger partial charge is 0.187 e. The molecule has 4 saturated heterocycles. The fraction of sp³-hybridized carbons (Fsp3) is 1.00. The molecule has 0 spiro atoms. The van der Waals surface area contributed by atoms with Gasteiger partial charge in [0.1, 0.15) is 97.7 Å². The molecular formula is C24H42O21. The summed E-state index contributed by atoms with van der Waals surface area (Å²) in [5, 5.41) is 143. The first kappa shape index (κ1) is 37.0. The van der Waals surface area contributed by atoms with Gasteiger partial charge in [0.25, 0.3) is 0 Å². The van der Waals surface area contributed by atoms with Crippen molar-refractivity contribution in [3.63, 3.8) is 0 Å². The molecule has 0 aromatic heterocycles. The standard InChI is InChI=1S/C24H42O21/c25-1-5-9(29)13(33)14(34)22(40-5)44-19-11(31)7(3-27)42-24(16(19)36)45-20-12(32)8(4-28)41-23(17(20)37)43-18-10(30)6(2-26)39-21(38)15(18)35/h5-38H,1-4H2/t5-,6-,7-,8-,9-,10-,11-,12-,13+,14-,15-,16-,17-,18+,19+,20+,21+,22-,23-,24-/m1/s1. The Balaban J connectivity index is 1.53. The SMILES string of the molecule is OC[C@H]1O[C@H](O[C@@H]2[C@@H](O)[C@@H](O[C@@H]3[C@@H](O)[C@@H](O[C@@H]4[C@@H](O)[C@@H](O)O[C@H](CO)[C@H]4O)O[C@H](CO)[C@H]3O)O[C@H](CO)[C@H]2O)[C@H](O)[C@@H](O)[C@@H]1O. The zero-order valence-corrected chi connectivity index (χ0v) is 23.5. The van der Waals surface area contributed by atoms with Gasteiger partial charge < -0.3 is 105 Å². The van der Waals surface area contributed by atoms with Crippen LogP contribution in [-0.2, 0) is 33.2 Å². The van der Waals surface area contributed by atoms with Gasteiger partial charge in [0.2, 0.25) is 0 Å². The van der Waals surface area contributed by atoms with Crippen molar-refractivity contribution in [2.24, 2.45) is 0 Å². The molecule has 0 aromatic rings. The topological polar surface area (TPSA) is 348 Å². The highest BCUT2D eigenvalue weighted by Crippen LogP contribution is 2.34. The molecule has 0 aliphatic carbocycles. The summed E-state index contributed by atoms with van der Waals surface area (Å²) in [6.07, 6.45) is -36.1. The first-order valence-electron chi connectivity index (χ1n) is 14.1. The van der Waals surface area contributed by atoms with Crippen LogP contribution in [-0.4, -0.2) is 221 Å². The van der Waals surface area contributed by atoms with E-state index in [1.807, 2.05) is 0 Å². The Morgan fingerprint density at radius 3 is 1.02 bits per heavy atom. The third kappa shape index (κ3) is 7.44. The Labute approximate surface area is 254 Å². The Kier molecular flexibility index (Phi) is 12.8. The first-order valence-corrected chi connectivity index (χ1v) is 14.1. The highest BCUT2D eigenvalue weighted by Gasteiger charge is 2.55. The van der Waals surface area contributed by atoms with Crippen LogP contribution in [0.15, 0.2) is 0 Å². The third-order valence-electron chi connectivity index (χ3n) is 8.21. The van der Waals surface area contributed by atoms with Gasteiger partial charge in [-0.2, -0.15) is 0 Å². The molecular weight excluding hydrogens is 624 g/mol. The number of aliphatic hydroxyl groups is 14. The minimum atomic E-state index is -2.05. The molecule has 4 fully saturated rings. The van der Waals surface area contributed by atoms with E-state index in [-0.39, 0.29) is 0 Å². The maximum atomic E-state index is 11.1. The minimum absolute atomic E-state index is 0.802. The summed E-state index contributed by atoms with van der Waals surface area (Å²) in [7, 11) is 0. The van der Waals surface area contributed by atoms with Crippen LogP contribution in [0.4, 0.5) is 0 Å². The summed E-state index contributed by atoms with van der Waals surface area (Å²) in [5.74, 6) is 0. The van der Waals surface area contributed by atoms with Crippen LogP contribution in [0.2, 0.25) is 0 Å². The Hall–Kier alpha value is -0.840. The molecule has 4 heterocycles. The van der Waals surface area contributed by atoms with Crippen LogP contribution in [0.25, 0.3) is 0 Å². The lowest BCUT2D eigenvalue weighted by Crippen LogP contribution is -2.67. The van der Waals surface area contributed by atoms with Crippen molar-refractivity contribution in [2.75, 3.05) is 26.4 Å². The molecule has 264 valence electrons. The van der Waals surface area contributed by atoms with Crippen molar-refractivity contribution >= 4 is 0 Å². The van der Waals surface area contributed by atoms with E-state index in [4.69, 9.17) is 33.2 Å². The van der Waals surface area contributed by atoms with Crippen LogP contribution in [0.1, 0.15) is 0 Å². The molecule has 0 bridgehead atoms. The molecule has 0 amide bonds. The van der Waals surface area contributed by atoms with E-state index in [1.165, 1.54) is 0 Å². The lowest BCUT2D eigenvalue weighted by molar-refractivity contribution is -0.389. The molecule has 0 radical (unpaired) electrons. The zero-order valence-electron chi connectivity index (χ0n) is 23.5. The second-order valence-corrected chi connectivity index (χ2v) is 11.1. The Morgan fingerprint density at radius 1 is 0.333 bits per heavy atom. The average molecular weight is 667 g/mol. The molecule has 4 aliphatic rings.